The highest BCUT2D eigenvalue weighted by Gasteiger charge is 2.13. The van der Waals surface area contributed by atoms with Crippen LogP contribution in [0.5, 0.6) is 0 Å². The summed E-state index contributed by atoms with van der Waals surface area (Å²) in [6, 6.07) is 7.04. The molecule has 0 saturated carbocycles. The number of hydrogen-bond donors (Lipinski definition) is 2. The van der Waals surface area contributed by atoms with Gasteiger partial charge < -0.3 is 10.3 Å². The van der Waals surface area contributed by atoms with Crippen molar-refractivity contribution in [1.82, 2.24) is 25.1 Å². The van der Waals surface area contributed by atoms with Crippen LogP contribution in [-0.4, -0.2) is 32.2 Å². The first kappa shape index (κ1) is 19.1. The van der Waals surface area contributed by atoms with E-state index in [1.807, 2.05) is 19.2 Å². The number of aromatic amines is 1. The van der Waals surface area contributed by atoms with Crippen LogP contribution in [0.25, 0.3) is 0 Å². The van der Waals surface area contributed by atoms with Crippen molar-refractivity contribution in [3.8, 4) is 0 Å². The summed E-state index contributed by atoms with van der Waals surface area (Å²) in [7, 11) is 0. The average molecular weight is 406 g/mol. The van der Waals surface area contributed by atoms with Crippen LogP contribution >= 0.6 is 23.2 Å². The SMILES string of the molecule is Cc1ccn(CCNC(=O)c2cnc(Cc3c(Cl)cccc3Cl)[nH]c2=O)n1. The summed E-state index contributed by atoms with van der Waals surface area (Å²) in [5, 5.41) is 7.88. The van der Waals surface area contributed by atoms with Gasteiger partial charge in [-0.05, 0) is 30.7 Å². The van der Waals surface area contributed by atoms with Crippen LogP contribution in [0, 0.1) is 6.92 Å². The minimum absolute atomic E-state index is 0.0550. The first-order chi connectivity index (χ1) is 12.9. The van der Waals surface area contributed by atoms with Gasteiger partial charge in [-0.1, -0.05) is 29.3 Å². The van der Waals surface area contributed by atoms with Crippen LogP contribution in [0.2, 0.25) is 10.0 Å². The first-order valence-corrected chi connectivity index (χ1v) is 8.99. The van der Waals surface area contributed by atoms with Gasteiger partial charge in [0.2, 0.25) is 0 Å². The largest absolute Gasteiger partial charge is 0.350 e. The van der Waals surface area contributed by atoms with Gasteiger partial charge in [0.25, 0.3) is 11.5 Å². The number of benzene rings is 1. The Labute approximate surface area is 165 Å². The summed E-state index contributed by atoms with van der Waals surface area (Å²) in [5.41, 5.74) is 0.989. The monoisotopic (exact) mass is 405 g/mol. The number of halogens is 2. The number of nitrogens with zero attached hydrogens (tertiary/aromatic N) is 3. The molecule has 0 atom stereocenters. The van der Waals surface area contributed by atoms with Gasteiger partial charge in [0.05, 0.1) is 12.2 Å². The molecule has 3 aromatic rings. The first-order valence-electron chi connectivity index (χ1n) is 8.23. The topological polar surface area (TPSA) is 92.7 Å². The van der Waals surface area contributed by atoms with Crippen LogP contribution in [0.1, 0.15) is 27.4 Å². The smallest absolute Gasteiger partial charge is 0.263 e. The minimum atomic E-state index is -0.518. The molecule has 27 heavy (non-hydrogen) atoms. The molecule has 2 aromatic heterocycles. The number of nitrogens with one attached hydrogen (secondary N) is 2. The van der Waals surface area contributed by atoms with E-state index in [0.717, 1.165) is 5.69 Å². The molecule has 140 valence electrons. The molecule has 1 amide bonds. The maximum atomic E-state index is 12.2. The lowest BCUT2D eigenvalue weighted by molar-refractivity contribution is 0.0950. The summed E-state index contributed by atoms with van der Waals surface area (Å²) in [4.78, 5) is 31.2. The fourth-order valence-corrected chi connectivity index (χ4v) is 3.05. The zero-order chi connectivity index (χ0) is 19.4. The molecule has 0 radical (unpaired) electrons. The van der Waals surface area contributed by atoms with Crippen LogP contribution in [0.15, 0.2) is 41.5 Å². The van der Waals surface area contributed by atoms with Crippen LogP contribution in [0.3, 0.4) is 0 Å². The van der Waals surface area contributed by atoms with E-state index in [4.69, 9.17) is 23.2 Å². The van der Waals surface area contributed by atoms with Crippen molar-refractivity contribution in [2.75, 3.05) is 6.54 Å². The molecule has 0 aliphatic carbocycles. The van der Waals surface area contributed by atoms with Gasteiger partial charge in [-0.2, -0.15) is 5.10 Å². The zero-order valence-corrected chi connectivity index (χ0v) is 16.0. The normalized spacial score (nSPS) is 10.8. The zero-order valence-electron chi connectivity index (χ0n) is 14.5. The molecule has 7 nitrogen and oxygen atoms in total. The predicted octanol–water partition coefficient (Wildman–Crippen LogP) is 2.60. The number of rotatable bonds is 6. The Morgan fingerprint density at radius 1 is 1.26 bits per heavy atom. The van der Waals surface area contributed by atoms with Crippen molar-refractivity contribution in [3.63, 3.8) is 0 Å². The molecule has 0 aliphatic rings. The number of aryl methyl sites for hydroxylation is 1. The van der Waals surface area contributed by atoms with Crippen molar-refractivity contribution in [2.45, 2.75) is 19.9 Å². The Morgan fingerprint density at radius 3 is 2.63 bits per heavy atom. The van der Waals surface area contributed by atoms with Crippen molar-refractivity contribution >= 4 is 29.1 Å². The summed E-state index contributed by atoms with van der Waals surface area (Å²) < 4.78 is 1.72. The number of amides is 1. The number of hydrogen-bond acceptors (Lipinski definition) is 4. The minimum Gasteiger partial charge on any atom is -0.350 e. The average Bonchev–Trinajstić information content (AvgIpc) is 3.03. The third kappa shape index (κ3) is 4.75. The standard InChI is InChI=1S/C18H17Cl2N5O2/c1-11-5-7-25(24-11)8-6-21-17(26)13-10-22-16(23-18(13)27)9-12-14(19)3-2-4-15(12)20/h2-5,7,10H,6,8-9H2,1H3,(H,21,26)(H,22,23,27). The molecule has 1 aromatic carbocycles. The molecule has 3 rings (SSSR count). The summed E-state index contributed by atoms with van der Waals surface area (Å²) in [6.45, 7) is 2.74. The summed E-state index contributed by atoms with van der Waals surface area (Å²) in [6.07, 6.45) is 3.34. The lowest BCUT2D eigenvalue weighted by atomic mass is 10.1. The molecule has 2 heterocycles. The molecule has 0 saturated heterocycles. The Hall–Kier alpha value is -2.64. The number of carbonyl (C=O) groups is 1. The maximum Gasteiger partial charge on any atom is 0.263 e. The predicted molar refractivity (Wildman–Crippen MR) is 103 cm³/mol. The van der Waals surface area contributed by atoms with Crippen molar-refractivity contribution in [1.29, 1.82) is 0 Å². The Bertz CT molecular complexity index is 1010. The third-order valence-electron chi connectivity index (χ3n) is 3.90. The maximum absolute atomic E-state index is 12.2. The molecule has 0 bridgehead atoms. The van der Waals surface area contributed by atoms with Crippen molar-refractivity contribution < 1.29 is 4.79 Å². The lowest BCUT2D eigenvalue weighted by Gasteiger charge is -2.08. The second-order valence-corrected chi connectivity index (χ2v) is 6.74. The van der Waals surface area contributed by atoms with E-state index in [2.05, 4.69) is 20.4 Å². The summed E-state index contributed by atoms with van der Waals surface area (Å²) >= 11 is 12.3. The van der Waals surface area contributed by atoms with Gasteiger partial charge in [0.1, 0.15) is 11.4 Å². The lowest BCUT2D eigenvalue weighted by Crippen LogP contribution is -2.32. The number of H-pyrrole nitrogens is 1. The van der Waals surface area contributed by atoms with Gasteiger partial charge in [0, 0.05) is 35.4 Å². The fourth-order valence-electron chi connectivity index (χ4n) is 2.52. The van der Waals surface area contributed by atoms with Crippen LogP contribution in [0.4, 0.5) is 0 Å². The summed E-state index contributed by atoms with van der Waals surface area (Å²) in [5.74, 6) is -0.117. The van der Waals surface area contributed by atoms with Crippen LogP contribution in [-0.2, 0) is 13.0 Å². The van der Waals surface area contributed by atoms with Gasteiger partial charge in [-0.25, -0.2) is 4.98 Å². The Kier molecular flexibility index (Phi) is 5.93. The second-order valence-electron chi connectivity index (χ2n) is 5.93. The molecular weight excluding hydrogens is 389 g/mol. The van der Waals surface area contributed by atoms with Crippen molar-refractivity contribution in [2.24, 2.45) is 0 Å². The second kappa shape index (κ2) is 8.37. The quantitative estimate of drug-likeness (QED) is 0.658. The van der Waals surface area contributed by atoms with E-state index in [1.54, 1.807) is 22.9 Å². The number of aromatic nitrogens is 4. The van der Waals surface area contributed by atoms with Gasteiger partial charge in [0.15, 0.2) is 0 Å². The Morgan fingerprint density at radius 2 is 2.00 bits per heavy atom. The third-order valence-corrected chi connectivity index (χ3v) is 4.61. The van der Waals surface area contributed by atoms with E-state index < -0.39 is 11.5 Å². The number of carbonyl (C=O) groups excluding carboxylic acids is 1. The molecule has 0 spiro atoms. The molecule has 2 N–H and O–H groups in total. The molecular formula is C18H17Cl2N5O2. The highest BCUT2D eigenvalue weighted by atomic mass is 35.5. The van der Waals surface area contributed by atoms with E-state index in [0.29, 0.717) is 34.5 Å². The molecule has 9 heteroatoms. The molecule has 0 aliphatic heterocycles. The van der Waals surface area contributed by atoms with Gasteiger partial charge >= 0.3 is 0 Å². The van der Waals surface area contributed by atoms with Crippen molar-refractivity contribution in [3.05, 3.63) is 79.7 Å². The van der Waals surface area contributed by atoms with E-state index in [-0.39, 0.29) is 12.0 Å². The van der Waals surface area contributed by atoms with Gasteiger partial charge in [-0.3, -0.25) is 14.3 Å². The highest BCUT2D eigenvalue weighted by Crippen LogP contribution is 2.25. The highest BCUT2D eigenvalue weighted by molar-refractivity contribution is 6.36. The van der Waals surface area contributed by atoms with E-state index in [1.165, 1.54) is 6.20 Å². The molecule has 0 fully saturated rings. The van der Waals surface area contributed by atoms with E-state index in [9.17, 15) is 9.59 Å². The molecule has 0 unspecified atom stereocenters. The van der Waals surface area contributed by atoms with Gasteiger partial charge in [-0.15, -0.1) is 0 Å². The Balaban J connectivity index is 1.65. The fraction of sp³-hybridized carbons (Fsp3) is 0.222. The van der Waals surface area contributed by atoms with Crippen LogP contribution < -0.4 is 10.9 Å². The van der Waals surface area contributed by atoms with E-state index >= 15 is 0 Å².